The highest BCUT2D eigenvalue weighted by Gasteiger charge is 2.28. The molecule has 0 bridgehead atoms. The maximum atomic E-state index is 12.9. The zero-order valence-corrected chi connectivity index (χ0v) is 10.3. The van der Waals surface area contributed by atoms with E-state index in [1.807, 2.05) is 0 Å². The average Bonchev–Trinajstić information content (AvgIpc) is 2.77. The number of nitrogens with zero attached hydrogens (tertiary/aromatic N) is 1. The highest BCUT2D eigenvalue weighted by molar-refractivity contribution is 5.92. The van der Waals surface area contributed by atoms with Crippen LogP contribution in [0.25, 0.3) is 0 Å². The van der Waals surface area contributed by atoms with Gasteiger partial charge in [0.15, 0.2) is 0 Å². The van der Waals surface area contributed by atoms with Gasteiger partial charge in [0, 0.05) is 12.2 Å². The van der Waals surface area contributed by atoms with Gasteiger partial charge in [-0.25, -0.2) is 4.39 Å². The summed E-state index contributed by atoms with van der Waals surface area (Å²) in [4.78, 5) is 24.3. The molecule has 1 unspecified atom stereocenters. The number of benzene rings is 1. The minimum Gasteiger partial charge on any atom is -0.481 e. The van der Waals surface area contributed by atoms with Crippen LogP contribution in [0, 0.1) is 11.7 Å². The van der Waals surface area contributed by atoms with Gasteiger partial charge in [0.05, 0.1) is 12.5 Å². The van der Waals surface area contributed by atoms with Crippen LogP contribution in [0.5, 0.6) is 0 Å². The van der Waals surface area contributed by atoms with Gasteiger partial charge in [-0.3, -0.25) is 14.5 Å². The van der Waals surface area contributed by atoms with Crippen molar-refractivity contribution in [3.8, 4) is 0 Å². The number of hydrogen-bond donors (Lipinski definition) is 2. The molecule has 1 amide bonds. The minimum atomic E-state index is -0.826. The number of likely N-dealkylation sites (tertiary alicyclic amines) is 1. The fourth-order valence-corrected chi connectivity index (χ4v) is 2.15. The normalized spacial score (nSPS) is 19.3. The van der Waals surface area contributed by atoms with E-state index in [1.54, 1.807) is 11.0 Å². The Kier molecular flexibility index (Phi) is 4.11. The molecule has 19 heavy (non-hydrogen) atoms. The monoisotopic (exact) mass is 266 g/mol. The summed E-state index contributed by atoms with van der Waals surface area (Å²) in [7, 11) is 0. The smallest absolute Gasteiger partial charge is 0.307 e. The number of carboxylic acid groups (broad SMARTS) is 1. The molecular weight excluding hydrogens is 251 g/mol. The van der Waals surface area contributed by atoms with Crippen LogP contribution in [-0.4, -0.2) is 41.5 Å². The molecule has 2 N–H and O–H groups in total. The number of halogens is 1. The van der Waals surface area contributed by atoms with Crippen LogP contribution in [-0.2, 0) is 9.59 Å². The molecule has 0 spiro atoms. The molecule has 1 saturated heterocycles. The van der Waals surface area contributed by atoms with Gasteiger partial charge < -0.3 is 10.4 Å². The first-order valence-corrected chi connectivity index (χ1v) is 6.05. The number of amides is 1. The fraction of sp³-hybridized carbons (Fsp3) is 0.385. The number of carboxylic acids is 1. The summed E-state index contributed by atoms with van der Waals surface area (Å²) in [6, 6.07) is 5.65. The number of nitrogens with one attached hydrogen (secondary N) is 1. The number of rotatable bonds is 4. The Labute approximate surface area is 110 Å². The molecule has 1 aromatic carbocycles. The van der Waals surface area contributed by atoms with E-state index in [0.29, 0.717) is 25.2 Å². The number of hydrogen-bond acceptors (Lipinski definition) is 3. The third kappa shape index (κ3) is 3.75. The van der Waals surface area contributed by atoms with Crippen molar-refractivity contribution in [1.82, 2.24) is 4.90 Å². The molecule has 0 saturated carbocycles. The van der Waals surface area contributed by atoms with E-state index >= 15 is 0 Å². The van der Waals surface area contributed by atoms with Crippen molar-refractivity contribution in [2.75, 3.05) is 25.0 Å². The zero-order chi connectivity index (χ0) is 13.8. The summed E-state index contributed by atoms with van der Waals surface area (Å²) in [6.07, 6.45) is 0.558. The molecule has 0 aliphatic carbocycles. The maximum absolute atomic E-state index is 12.9. The average molecular weight is 266 g/mol. The van der Waals surface area contributed by atoms with Crippen LogP contribution in [0.3, 0.4) is 0 Å². The van der Waals surface area contributed by atoms with Gasteiger partial charge in [-0.15, -0.1) is 0 Å². The van der Waals surface area contributed by atoms with Gasteiger partial charge in [0.1, 0.15) is 5.82 Å². The van der Waals surface area contributed by atoms with E-state index in [9.17, 15) is 14.0 Å². The quantitative estimate of drug-likeness (QED) is 0.858. The van der Waals surface area contributed by atoms with E-state index < -0.39 is 17.7 Å². The summed E-state index contributed by atoms with van der Waals surface area (Å²) in [6.45, 7) is 1.10. The van der Waals surface area contributed by atoms with Crippen LogP contribution in [0.15, 0.2) is 24.3 Å². The molecule has 5 nitrogen and oxygen atoms in total. The van der Waals surface area contributed by atoms with Crippen LogP contribution < -0.4 is 5.32 Å². The summed E-state index contributed by atoms with van der Waals surface area (Å²) in [5, 5.41) is 11.4. The van der Waals surface area contributed by atoms with Gasteiger partial charge in [0.2, 0.25) is 5.91 Å². The van der Waals surface area contributed by atoms with Gasteiger partial charge in [0.25, 0.3) is 0 Å². The third-order valence-corrected chi connectivity index (χ3v) is 3.10. The Hall–Kier alpha value is -1.95. The fourth-order valence-electron chi connectivity index (χ4n) is 2.15. The van der Waals surface area contributed by atoms with Crippen molar-refractivity contribution < 1.29 is 19.1 Å². The van der Waals surface area contributed by atoms with E-state index in [-0.39, 0.29) is 12.5 Å². The minimum absolute atomic E-state index is 0.125. The van der Waals surface area contributed by atoms with E-state index in [1.165, 1.54) is 18.2 Å². The number of carbonyl (C=O) groups excluding carboxylic acids is 1. The summed E-state index contributed by atoms with van der Waals surface area (Å²) < 4.78 is 12.9. The summed E-state index contributed by atoms with van der Waals surface area (Å²) in [5.41, 5.74) is 0.402. The van der Waals surface area contributed by atoms with Crippen LogP contribution in [0.2, 0.25) is 0 Å². The van der Waals surface area contributed by atoms with Crippen molar-refractivity contribution in [1.29, 1.82) is 0 Å². The number of carbonyl (C=O) groups is 2. The molecule has 1 atom stereocenters. The Bertz CT molecular complexity index is 493. The predicted molar refractivity (Wildman–Crippen MR) is 67.2 cm³/mol. The second-order valence-corrected chi connectivity index (χ2v) is 4.62. The van der Waals surface area contributed by atoms with Crippen molar-refractivity contribution >= 4 is 17.6 Å². The SMILES string of the molecule is O=C(CN1CCC(C(=O)O)C1)Nc1cccc(F)c1. The first-order chi connectivity index (χ1) is 9.04. The van der Waals surface area contributed by atoms with E-state index in [2.05, 4.69) is 5.32 Å². The van der Waals surface area contributed by atoms with Gasteiger partial charge in [-0.05, 0) is 31.2 Å². The summed E-state index contributed by atoms with van der Waals surface area (Å²) >= 11 is 0. The third-order valence-electron chi connectivity index (χ3n) is 3.10. The lowest BCUT2D eigenvalue weighted by atomic mass is 10.1. The maximum Gasteiger partial charge on any atom is 0.307 e. The molecule has 1 aliphatic heterocycles. The Balaban J connectivity index is 1.84. The molecule has 6 heteroatoms. The molecule has 1 fully saturated rings. The standard InChI is InChI=1S/C13H15FN2O3/c14-10-2-1-3-11(6-10)15-12(17)8-16-5-4-9(7-16)13(18)19/h1-3,6,9H,4-5,7-8H2,(H,15,17)(H,18,19). The second kappa shape index (κ2) is 5.79. The first-order valence-electron chi connectivity index (χ1n) is 6.05. The Morgan fingerprint density at radius 2 is 2.26 bits per heavy atom. The van der Waals surface area contributed by atoms with Gasteiger partial charge >= 0.3 is 5.97 Å². The van der Waals surface area contributed by atoms with Gasteiger partial charge in [-0.1, -0.05) is 6.07 Å². The molecule has 1 aliphatic rings. The number of anilines is 1. The van der Waals surface area contributed by atoms with Crippen molar-refractivity contribution in [3.05, 3.63) is 30.1 Å². The predicted octanol–water partition coefficient (Wildman–Crippen LogP) is 1.17. The van der Waals surface area contributed by atoms with Crippen LogP contribution in [0.4, 0.5) is 10.1 Å². The Morgan fingerprint density at radius 3 is 2.89 bits per heavy atom. The second-order valence-electron chi connectivity index (χ2n) is 4.62. The van der Waals surface area contributed by atoms with Crippen molar-refractivity contribution in [3.63, 3.8) is 0 Å². The largest absolute Gasteiger partial charge is 0.481 e. The van der Waals surface area contributed by atoms with E-state index in [4.69, 9.17) is 5.11 Å². The van der Waals surface area contributed by atoms with Gasteiger partial charge in [-0.2, -0.15) is 0 Å². The molecule has 2 rings (SSSR count). The molecule has 102 valence electrons. The summed E-state index contributed by atoms with van der Waals surface area (Å²) in [5.74, 6) is -1.91. The lowest BCUT2D eigenvalue weighted by molar-refractivity contribution is -0.141. The molecule has 0 radical (unpaired) electrons. The Morgan fingerprint density at radius 1 is 1.47 bits per heavy atom. The highest BCUT2D eigenvalue weighted by Crippen LogP contribution is 2.16. The lowest BCUT2D eigenvalue weighted by Crippen LogP contribution is -2.32. The molecule has 0 aromatic heterocycles. The van der Waals surface area contributed by atoms with Crippen LogP contribution >= 0.6 is 0 Å². The van der Waals surface area contributed by atoms with Crippen molar-refractivity contribution in [2.45, 2.75) is 6.42 Å². The topological polar surface area (TPSA) is 69.6 Å². The van der Waals surface area contributed by atoms with Crippen molar-refractivity contribution in [2.24, 2.45) is 5.92 Å². The molecular formula is C13H15FN2O3. The zero-order valence-electron chi connectivity index (χ0n) is 10.3. The lowest BCUT2D eigenvalue weighted by Gasteiger charge is -2.14. The highest BCUT2D eigenvalue weighted by atomic mass is 19.1. The van der Waals surface area contributed by atoms with E-state index in [0.717, 1.165) is 0 Å². The number of aliphatic carboxylic acids is 1. The first kappa shape index (κ1) is 13.5. The molecule has 1 aromatic rings. The molecule has 1 heterocycles. The van der Waals surface area contributed by atoms with Crippen LogP contribution in [0.1, 0.15) is 6.42 Å².